The Morgan fingerprint density at radius 2 is 2.14 bits per heavy atom. The molecule has 0 radical (unpaired) electrons. The third kappa shape index (κ3) is 3.71. The van der Waals surface area contributed by atoms with Crippen LogP contribution in [0.5, 0.6) is 0 Å². The van der Waals surface area contributed by atoms with Gasteiger partial charge in [0.05, 0.1) is 0 Å². The number of nitrogens with zero attached hydrogens (tertiary/aromatic N) is 1. The molecular weight excluding hydrogens is 283 g/mol. The van der Waals surface area contributed by atoms with Crippen molar-refractivity contribution in [2.75, 3.05) is 13.1 Å². The minimum Gasteiger partial charge on any atom is -0.337 e. The summed E-state index contributed by atoms with van der Waals surface area (Å²) in [4.78, 5) is 26.6. The van der Waals surface area contributed by atoms with Crippen molar-refractivity contribution in [1.82, 2.24) is 10.2 Å². The van der Waals surface area contributed by atoms with E-state index < -0.39 is 11.7 Å². The molecule has 0 spiro atoms. The van der Waals surface area contributed by atoms with Crippen LogP contribution in [0.15, 0.2) is 24.3 Å². The first kappa shape index (κ1) is 16.6. The molecule has 120 valence electrons. The topological polar surface area (TPSA) is 49.4 Å². The summed E-state index contributed by atoms with van der Waals surface area (Å²) < 4.78 is 13.2. The monoisotopic (exact) mass is 306 g/mol. The van der Waals surface area contributed by atoms with Gasteiger partial charge in [-0.1, -0.05) is 19.1 Å². The molecule has 1 heterocycles. The van der Waals surface area contributed by atoms with Gasteiger partial charge in [-0.25, -0.2) is 4.39 Å². The van der Waals surface area contributed by atoms with Gasteiger partial charge in [-0.3, -0.25) is 9.59 Å². The molecule has 3 unspecified atom stereocenters. The maximum atomic E-state index is 13.2. The smallest absolute Gasteiger partial charge is 0.223 e. The van der Waals surface area contributed by atoms with Gasteiger partial charge in [0.15, 0.2) is 5.78 Å². The number of ketones is 1. The molecule has 1 saturated heterocycles. The molecule has 1 amide bonds. The van der Waals surface area contributed by atoms with Crippen molar-refractivity contribution in [3.05, 3.63) is 35.6 Å². The van der Waals surface area contributed by atoms with Crippen molar-refractivity contribution in [2.24, 2.45) is 5.92 Å². The Kier molecular flexibility index (Phi) is 5.29. The van der Waals surface area contributed by atoms with E-state index in [1.807, 2.05) is 18.7 Å². The zero-order valence-electron chi connectivity index (χ0n) is 13.3. The molecule has 3 atom stereocenters. The molecule has 2 rings (SSSR count). The SMILES string of the molecule is CC(CC(=O)N1CCNC(C)C1C)C(=O)c1cccc(F)c1. The molecule has 1 fully saturated rings. The second kappa shape index (κ2) is 7.01. The number of carbonyl (C=O) groups excluding carboxylic acids is 2. The molecule has 4 nitrogen and oxygen atoms in total. The lowest BCUT2D eigenvalue weighted by atomic mass is 9.95. The Bertz CT molecular complexity index is 561. The highest BCUT2D eigenvalue weighted by molar-refractivity contribution is 5.99. The van der Waals surface area contributed by atoms with Gasteiger partial charge in [-0.05, 0) is 26.0 Å². The van der Waals surface area contributed by atoms with Crippen LogP contribution >= 0.6 is 0 Å². The van der Waals surface area contributed by atoms with Gasteiger partial charge in [0.1, 0.15) is 5.82 Å². The van der Waals surface area contributed by atoms with Gasteiger partial charge in [-0.15, -0.1) is 0 Å². The van der Waals surface area contributed by atoms with Crippen LogP contribution in [0.2, 0.25) is 0 Å². The average Bonchev–Trinajstić information content (AvgIpc) is 2.49. The highest BCUT2D eigenvalue weighted by Gasteiger charge is 2.30. The largest absolute Gasteiger partial charge is 0.337 e. The third-order valence-electron chi connectivity index (χ3n) is 4.39. The predicted octanol–water partition coefficient (Wildman–Crippen LogP) is 2.24. The number of hydrogen-bond acceptors (Lipinski definition) is 3. The number of nitrogens with one attached hydrogen (secondary N) is 1. The van der Waals surface area contributed by atoms with Gasteiger partial charge in [-0.2, -0.15) is 0 Å². The normalized spacial score (nSPS) is 23.2. The maximum Gasteiger partial charge on any atom is 0.223 e. The van der Waals surface area contributed by atoms with Crippen LogP contribution in [0, 0.1) is 11.7 Å². The predicted molar refractivity (Wildman–Crippen MR) is 83.2 cm³/mol. The molecule has 0 saturated carbocycles. The number of piperazine rings is 1. The number of amides is 1. The van der Waals surface area contributed by atoms with Gasteiger partial charge in [0, 0.05) is 43.1 Å². The summed E-state index contributed by atoms with van der Waals surface area (Å²) >= 11 is 0. The second-order valence-corrected chi connectivity index (χ2v) is 6.05. The van der Waals surface area contributed by atoms with E-state index in [4.69, 9.17) is 0 Å². The number of halogens is 1. The fourth-order valence-electron chi connectivity index (χ4n) is 2.81. The number of benzene rings is 1. The third-order valence-corrected chi connectivity index (χ3v) is 4.39. The van der Waals surface area contributed by atoms with Crippen molar-refractivity contribution >= 4 is 11.7 Å². The van der Waals surface area contributed by atoms with Crippen molar-refractivity contribution in [3.8, 4) is 0 Å². The molecule has 1 aromatic carbocycles. The molecule has 1 aromatic rings. The fraction of sp³-hybridized carbons (Fsp3) is 0.529. The molecule has 0 aliphatic carbocycles. The van der Waals surface area contributed by atoms with E-state index in [0.717, 1.165) is 6.54 Å². The summed E-state index contributed by atoms with van der Waals surface area (Å²) in [6, 6.07) is 5.97. The van der Waals surface area contributed by atoms with E-state index in [9.17, 15) is 14.0 Å². The van der Waals surface area contributed by atoms with Crippen molar-refractivity contribution in [1.29, 1.82) is 0 Å². The summed E-state index contributed by atoms with van der Waals surface area (Å²) in [6.07, 6.45) is 0.159. The highest BCUT2D eigenvalue weighted by atomic mass is 19.1. The lowest BCUT2D eigenvalue weighted by Gasteiger charge is -2.39. The van der Waals surface area contributed by atoms with E-state index in [1.54, 1.807) is 13.0 Å². The zero-order chi connectivity index (χ0) is 16.3. The van der Waals surface area contributed by atoms with E-state index in [0.29, 0.717) is 12.1 Å². The van der Waals surface area contributed by atoms with E-state index in [-0.39, 0.29) is 30.2 Å². The molecule has 1 N–H and O–H groups in total. The number of hydrogen-bond donors (Lipinski definition) is 1. The van der Waals surface area contributed by atoms with Gasteiger partial charge in [0.2, 0.25) is 5.91 Å². The Morgan fingerprint density at radius 1 is 1.41 bits per heavy atom. The van der Waals surface area contributed by atoms with Crippen LogP contribution in [0.4, 0.5) is 4.39 Å². The summed E-state index contributed by atoms with van der Waals surface area (Å²) in [5.41, 5.74) is 0.321. The van der Waals surface area contributed by atoms with E-state index >= 15 is 0 Å². The first-order valence-corrected chi connectivity index (χ1v) is 7.72. The molecule has 5 heteroatoms. The lowest BCUT2D eigenvalue weighted by molar-refractivity contribution is -0.135. The van der Waals surface area contributed by atoms with E-state index in [1.165, 1.54) is 18.2 Å². The minimum atomic E-state index is -0.452. The number of Topliss-reactive ketones (excluding diaryl/α,β-unsaturated/α-hetero) is 1. The lowest BCUT2D eigenvalue weighted by Crippen LogP contribution is -2.57. The standard InChI is InChI=1S/C17H23FN2O2/c1-11(17(22)14-5-4-6-15(18)10-14)9-16(21)20-8-7-19-12(2)13(20)3/h4-6,10-13,19H,7-9H2,1-3H3. The van der Waals surface area contributed by atoms with Crippen LogP contribution < -0.4 is 5.32 Å². The Balaban J connectivity index is 2.00. The quantitative estimate of drug-likeness (QED) is 0.868. The van der Waals surface area contributed by atoms with Gasteiger partial charge < -0.3 is 10.2 Å². The maximum absolute atomic E-state index is 13.2. The van der Waals surface area contributed by atoms with Crippen molar-refractivity contribution < 1.29 is 14.0 Å². The fourth-order valence-corrected chi connectivity index (χ4v) is 2.81. The van der Waals surface area contributed by atoms with Crippen LogP contribution in [-0.2, 0) is 4.79 Å². The van der Waals surface area contributed by atoms with Crippen LogP contribution in [0.25, 0.3) is 0 Å². The summed E-state index contributed by atoms with van der Waals surface area (Å²) in [6.45, 7) is 7.20. The molecule has 1 aliphatic heterocycles. The van der Waals surface area contributed by atoms with Crippen LogP contribution in [0.3, 0.4) is 0 Å². The van der Waals surface area contributed by atoms with E-state index in [2.05, 4.69) is 5.32 Å². The van der Waals surface area contributed by atoms with Crippen LogP contribution in [-0.4, -0.2) is 41.8 Å². The summed E-state index contributed by atoms with van der Waals surface area (Å²) in [5, 5.41) is 3.32. The first-order chi connectivity index (χ1) is 10.4. The molecule has 0 aromatic heterocycles. The van der Waals surface area contributed by atoms with Crippen molar-refractivity contribution in [3.63, 3.8) is 0 Å². The Hall–Kier alpha value is -1.75. The summed E-state index contributed by atoms with van der Waals surface area (Å²) in [5.74, 6) is -1.09. The molecular formula is C17H23FN2O2. The average molecular weight is 306 g/mol. The van der Waals surface area contributed by atoms with Crippen LogP contribution in [0.1, 0.15) is 37.6 Å². The second-order valence-electron chi connectivity index (χ2n) is 6.05. The Morgan fingerprint density at radius 3 is 2.82 bits per heavy atom. The van der Waals surface area contributed by atoms with Gasteiger partial charge in [0.25, 0.3) is 0 Å². The molecule has 1 aliphatic rings. The first-order valence-electron chi connectivity index (χ1n) is 7.72. The zero-order valence-corrected chi connectivity index (χ0v) is 13.3. The minimum absolute atomic E-state index is 0.0156. The van der Waals surface area contributed by atoms with Crippen molar-refractivity contribution in [2.45, 2.75) is 39.3 Å². The summed E-state index contributed by atoms with van der Waals surface area (Å²) in [7, 11) is 0. The molecule has 0 bridgehead atoms. The number of rotatable bonds is 4. The highest BCUT2D eigenvalue weighted by Crippen LogP contribution is 2.17. The van der Waals surface area contributed by atoms with Gasteiger partial charge >= 0.3 is 0 Å². The molecule has 22 heavy (non-hydrogen) atoms. The Labute approximate surface area is 130 Å². The number of carbonyl (C=O) groups is 2.